The lowest BCUT2D eigenvalue weighted by molar-refractivity contribution is -0.138. The molecule has 0 bridgehead atoms. The molecule has 2 amide bonds. The summed E-state index contributed by atoms with van der Waals surface area (Å²) in [7, 11) is 0. The summed E-state index contributed by atoms with van der Waals surface area (Å²) in [4.78, 5) is 27.5. The molecule has 0 saturated heterocycles. The zero-order valence-corrected chi connectivity index (χ0v) is 15.6. The van der Waals surface area contributed by atoms with Gasteiger partial charge in [-0.2, -0.15) is 13.2 Å². The van der Waals surface area contributed by atoms with Gasteiger partial charge in [-0.1, -0.05) is 24.3 Å². The average Bonchev–Trinajstić information content (AvgIpc) is 2.66. The molecule has 7 heteroatoms. The van der Waals surface area contributed by atoms with Crippen LogP contribution in [-0.2, 0) is 22.2 Å². The molecule has 0 fully saturated rings. The largest absolute Gasteiger partial charge is 0.416 e. The van der Waals surface area contributed by atoms with Gasteiger partial charge in [0.15, 0.2) is 0 Å². The highest BCUT2D eigenvalue weighted by Gasteiger charge is 2.41. The third-order valence-electron chi connectivity index (χ3n) is 4.91. The SMILES string of the molecule is CC(C)(C(=O)Nc1cccc(C(F)(F)F)c1)C(=O)N1CCCc2ccccc21. The Kier molecular flexibility index (Phi) is 5.19. The van der Waals surface area contributed by atoms with Crippen molar-refractivity contribution in [3.05, 3.63) is 59.7 Å². The van der Waals surface area contributed by atoms with E-state index in [1.165, 1.54) is 26.0 Å². The number of hydrogen-bond donors (Lipinski definition) is 1. The Balaban J connectivity index is 1.81. The smallest absolute Gasteiger partial charge is 0.325 e. The van der Waals surface area contributed by atoms with E-state index in [0.717, 1.165) is 36.2 Å². The number of anilines is 2. The van der Waals surface area contributed by atoms with E-state index < -0.39 is 23.1 Å². The van der Waals surface area contributed by atoms with Crippen LogP contribution in [0.5, 0.6) is 0 Å². The zero-order valence-electron chi connectivity index (χ0n) is 15.6. The third kappa shape index (κ3) is 3.88. The number of alkyl halides is 3. The van der Waals surface area contributed by atoms with Gasteiger partial charge in [0.05, 0.1) is 5.56 Å². The van der Waals surface area contributed by atoms with Crippen molar-refractivity contribution >= 4 is 23.2 Å². The summed E-state index contributed by atoms with van der Waals surface area (Å²) < 4.78 is 38.6. The molecule has 2 aromatic rings. The van der Waals surface area contributed by atoms with Crippen molar-refractivity contribution in [2.75, 3.05) is 16.8 Å². The molecule has 148 valence electrons. The predicted octanol–water partition coefficient (Wildman–Crippen LogP) is 4.65. The Morgan fingerprint density at radius 1 is 1.04 bits per heavy atom. The van der Waals surface area contributed by atoms with E-state index in [1.807, 2.05) is 24.3 Å². The van der Waals surface area contributed by atoms with Gasteiger partial charge in [-0.25, -0.2) is 0 Å². The van der Waals surface area contributed by atoms with E-state index in [0.29, 0.717) is 6.54 Å². The summed E-state index contributed by atoms with van der Waals surface area (Å²) in [6.07, 6.45) is -2.87. The van der Waals surface area contributed by atoms with Crippen molar-refractivity contribution in [3.8, 4) is 0 Å². The molecule has 1 aliphatic heterocycles. The molecule has 0 atom stereocenters. The maximum absolute atomic E-state index is 13.1. The first-order valence-electron chi connectivity index (χ1n) is 8.99. The molecular formula is C21H21F3N2O2. The first kappa shape index (κ1) is 19.9. The van der Waals surface area contributed by atoms with Crippen LogP contribution in [0.4, 0.5) is 24.5 Å². The van der Waals surface area contributed by atoms with Gasteiger partial charge in [-0.3, -0.25) is 9.59 Å². The fourth-order valence-corrected chi connectivity index (χ4v) is 3.24. The van der Waals surface area contributed by atoms with Gasteiger partial charge < -0.3 is 10.2 Å². The molecule has 1 heterocycles. The molecule has 2 aromatic carbocycles. The number of halogens is 3. The predicted molar refractivity (Wildman–Crippen MR) is 101 cm³/mol. The van der Waals surface area contributed by atoms with Crippen LogP contribution >= 0.6 is 0 Å². The number of rotatable bonds is 3. The van der Waals surface area contributed by atoms with Crippen molar-refractivity contribution in [2.24, 2.45) is 5.41 Å². The van der Waals surface area contributed by atoms with Gasteiger partial charge in [0.1, 0.15) is 5.41 Å². The molecule has 0 aliphatic carbocycles. The van der Waals surface area contributed by atoms with Gasteiger partial charge in [0, 0.05) is 17.9 Å². The van der Waals surface area contributed by atoms with Gasteiger partial charge >= 0.3 is 6.18 Å². The number of nitrogens with one attached hydrogen (secondary N) is 1. The maximum Gasteiger partial charge on any atom is 0.416 e. The molecule has 0 unspecified atom stereocenters. The minimum Gasteiger partial charge on any atom is -0.325 e. The van der Waals surface area contributed by atoms with Crippen LogP contribution in [0.2, 0.25) is 0 Å². The number of carbonyl (C=O) groups excluding carboxylic acids is 2. The first-order valence-corrected chi connectivity index (χ1v) is 8.99. The number of amides is 2. The standard InChI is InChI=1S/C21H21F3N2O2/c1-20(2,18(27)25-16-10-5-9-15(13-16)21(22,23)24)19(28)26-12-6-8-14-7-3-4-11-17(14)26/h3-5,7,9-11,13H,6,8,12H2,1-2H3,(H,25,27). The number of fused-ring (bicyclic) bond motifs is 1. The summed E-state index contributed by atoms with van der Waals surface area (Å²) in [6, 6.07) is 11.9. The molecule has 1 N–H and O–H groups in total. The van der Waals surface area contributed by atoms with Crippen LogP contribution in [0.25, 0.3) is 0 Å². The van der Waals surface area contributed by atoms with E-state index in [1.54, 1.807) is 4.90 Å². The summed E-state index contributed by atoms with van der Waals surface area (Å²) in [5.74, 6) is -1.04. The van der Waals surface area contributed by atoms with Crippen molar-refractivity contribution in [3.63, 3.8) is 0 Å². The second-order valence-electron chi connectivity index (χ2n) is 7.35. The lowest BCUT2D eigenvalue weighted by Crippen LogP contribution is -2.49. The van der Waals surface area contributed by atoms with Gasteiger partial charge in [0.2, 0.25) is 11.8 Å². The average molecular weight is 390 g/mol. The van der Waals surface area contributed by atoms with E-state index in [9.17, 15) is 22.8 Å². The molecule has 0 radical (unpaired) electrons. The number of nitrogens with zero attached hydrogens (tertiary/aromatic N) is 1. The highest BCUT2D eigenvalue weighted by Crippen LogP contribution is 2.33. The Morgan fingerprint density at radius 2 is 1.75 bits per heavy atom. The summed E-state index contributed by atoms with van der Waals surface area (Å²) >= 11 is 0. The van der Waals surface area contributed by atoms with Crippen molar-refractivity contribution < 1.29 is 22.8 Å². The first-order chi connectivity index (χ1) is 13.1. The van der Waals surface area contributed by atoms with Crippen molar-refractivity contribution in [1.82, 2.24) is 0 Å². The second-order valence-corrected chi connectivity index (χ2v) is 7.35. The lowest BCUT2D eigenvalue weighted by Gasteiger charge is -2.35. The van der Waals surface area contributed by atoms with Crippen LogP contribution < -0.4 is 10.2 Å². The van der Waals surface area contributed by atoms with Gasteiger partial charge in [-0.05, 0) is 56.5 Å². The number of aryl methyl sites for hydroxylation is 1. The minimum absolute atomic E-state index is 0.000237. The monoisotopic (exact) mass is 390 g/mol. The van der Waals surface area contributed by atoms with Gasteiger partial charge in [0.25, 0.3) is 0 Å². The fourth-order valence-electron chi connectivity index (χ4n) is 3.24. The van der Waals surface area contributed by atoms with E-state index in [2.05, 4.69) is 5.32 Å². The molecule has 0 aromatic heterocycles. The number of para-hydroxylation sites is 1. The summed E-state index contributed by atoms with van der Waals surface area (Å²) in [6.45, 7) is 3.46. The van der Waals surface area contributed by atoms with E-state index in [-0.39, 0.29) is 11.6 Å². The third-order valence-corrected chi connectivity index (χ3v) is 4.91. The molecule has 4 nitrogen and oxygen atoms in total. The Hall–Kier alpha value is -2.83. The molecule has 28 heavy (non-hydrogen) atoms. The van der Waals surface area contributed by atoms with Crippen LogP contribution in [0.3, 0.4) is 0 Å². The summed E-state index contributed by atoms with van der Waals surface area (Å²) in [5, 5.41) is 2.45. The van der Waals surface area contributed by atoms with Crippen molar-refractivity contribution in [2.45, 2.75) is 32.9 Å². The van der Waals surface area contributed by atoms with Crippen LogP contribution in [0.1, 0.15) is 31.4 Å². The molecule has 1 aliphatic rings. The van der Waals surface area contributed by atoms with E-state index in [4.69, 9.17) is 0 Å². The maximum atomic E-state index is 13.1. The minimum atomic E-state index is -4.51. The van der Waals surface area contributed by atoms with Crippen LogP contribution in [0, 0.1) is 5.41 Å². The Labute approximate surface area is 161 Å². The van der Waals surface area contributed by atoms with Gasteiger partial charge in [-0.15, -0.1) is 0 Å². The number of benzene rings is 2. The second kappa shape index (κ2) is 7.30. The molecular weight excluding hydrogens is 369 g/mol. The topological polar surface area (TPSA) is 49.4 Å². The Morgan fingerprint density at radius 3 is 2.46 bits per heavy atom. The number of carbonyl (C=O) groups is 2. The fraction of sp³-hybridized carbons (Fsp3) is 0.333. The van der Waals surface area contributed by atoms with Crippen LogP contribution in [-0.4, -0.2) is 18.4 Å². The Bertz CT molecular complexity index is 907. The van der Waals surface area contributed by atoms with Crippen LogP contribution in [0.15, 0.2) is 48.5 Å². The molecule has 0 spiro atoms. The molecule has 0 saturated carbocycles. The van der Waals surface area contributed by atoms with Crippen molar-refractivity contribution in [1.29, 1.82) is 0 Å². The zero-order chi connectivity index (χ0) is 20.5. The number of hydrogen-bond acceptors (Lipinski definition) is 2. The molecule has 3 rings (SSSR count). The normalized spacial score (nSPS) is 14.4. The lowest BCUT2D eigenvalue weighted by atomic mass is 9.88. The highest BCUT2D eigenvalue weighted by atomic mass is 19.4. The quantitative estimate of drug-likeness (QED) is 0.776. The van der Waals surface area contributed by atoms with E-state index >= 15 is 0 Å². The summed E-state index contributed by atoms with van der Waals surface area (Å²) in [5.41, 5.74) is -0.493. The highest BCUT2D eigenvalue weighted by molar-refractivity contribution is 6.15.